The van der Waals surface area contributed by atoms with Crippen LogP contribution in [0.1, 0.15) is 6.92 Å². The zero-order chi connectivity index (χ0) is 7.84. The van der Waals surface area contributed by atoms with Gasteiger partial charge in [-0.2, -0.15) is 0 Å². The Morgan fingerprint density at radius 2 is 2.55 bits per heavy atom. The highest BCUT2D eigenvalue weighted by Gasteiger charge is 2.20. The summed E-state index contributed by atoms with van der Waals surface area (Å²) in [5.74, 6) is 0.898. The summed E-state index contributed by atoms with van der Waals surface area (Å²) in [6.45, 7) is 2.73. The lowest BCUT2D eigenvalue weighted by atomic mass is 10.3. The molecule has 58 valence electrons. The first-order valence-corrected chi connectivity index (χ1v) is 3.81. The highest BCUT2D eigenvalue weighted by Crippen LogP contribution is 2.22. The van der Waals surface area contributed by atoms with Gasteiger partial charge in [0, 0.05) is 12.3 Å². The van der Waals surface area contributed by atoms with Crippen LogP contribution in [0.3, 0.4) is 0 Å². The van der Waals surface area contributed by atoms with Crippen LogP contribution in [0.2, 0.25) is 0 Å². The summed E-state index contributed by atoms with van der Waals surface area (Å²) in [5, 5.41) is 2.45. The first-order valence-electron chi connectivity index (χ1n) is 3.43. The molecule has 0 aliphatic carbocycles. The Hall–Kier alpha value is -0.800. The summed E-state index contributed by atoms with van der Waals surface area (Å²) in [6.07, 6.45) is 3.83. The van der Waals surface area contributed by atoms with Crippen LogP contribution >= 0.6 is 11.6 Å². The van der Waals surface area contributed by atoms with Gasteiger partial charge in [0.05, 0.1) is 0 Å². The van der Waals surface area contributed by atoms with E-state index in [9.17, 15) is 0 Å². The molecule has 0 unspecified atom stereocenters. The summed E-state index contributed by atoms with van der Waals surface area (Å²) < 4.78 is 0. The molecule has 0 bridgehead atoms. The average Bonchev–Trinajstić information content (AvgIpc) is 2.34. The lowest BCUT2D eigenvalue weighted by Gasteiger charge is -2.21. The predicted octanol–water partition coefficient (Wildman–Crippen LogP) is 1.20. The van der Waals surface area contributed by atoms with Gasteiger partial charge in [-0.25, -0.2) is 15.4 Å². The molecule has 2 aliphatic heterocycles. The van der Waals surface area contributed by atoms with Crippen LogP contribution in [0, 0.1) is 0 Å². The van der Waals surface area contributed by atoms with Gasteiger partial charge < -0.3 is 0 Å². The monoisotopic (exact) mass is 169 g/mol. The highest BCUT2D eigenvalue weighted by molar-refractivity contribution is 6.31. The first-order chi connectivity index (χ1) is 5.27. The number of allylic oxidation sites excluding steroid dienone is 1. The van der Waals surface area contributed by atoms with Crippen LogP contribution in [0.25, 0.3) is 0 Å². The van der Waals surface area contributed by atoms with Crippen LogP contribution in [0.5, 0.6) is 0 Å². The third-order valence-electron chi connectivity index (χ3n) is 1.60. The van der Waals surface area contributed by atoms with Crippen LogP contribution < -0.4 is 5.43 Å². The molecule has 2 aliphatic rings. The van der Waals surface area contributed by atoms with Crippen molar-refractivity contribution < 1.29 is 0 Å². The molecule has 0 fully saturated rings. The van der Waals surface area contributed by atoms with Crippen molar-refractivity contribution >= 4 is 17.3 Å². The molecule has 0 radical (unpaired) electrons. The Morgan fingerprint density at radius 1 is 1.73 bits per heavy atom. The number of aliphatic imine (C=N–C) groups is 1. The van der Waals surface area contributed by atoms with E-state index < -0.39 is 0 Å². The van der Waals surface area contributed by atoms with Crippen molar-refractivity contribution in [1.29, 1.82) is 0 Å². The second-order valence-corrected chi connectivity index (χ2v) is 2.87. The van der Waals surface area contributed by atoms with Gasteiger partial charge in [-0.1, -0.05) is 11.6 Å². The Balaban J connectivity index is 2.40. The number of hydrogen-bond donors (Lipinski definition) is 1. The molecule has 4 heteroatoms. The Morgan fingerprint density at radius 3 is 3.36 bits per heavy atom. The van der Waals surface area contributed by atoms with Crippen LogP contribution in [0.4, 0.5) is 0 Å². The second kappa shape index (κ2) is 2.36. The van der Waals surface area contributed by atoms with Crippen LogP contribution in [-0.2, 0) is 0 Å². The molecule has 0 saturated heterocycles. The van der Waals surface area contributed by atoms with E-state index in [-0.39, 0.29) is 0 Å². The normalized spacial score (nSPS) is 22.4. The van der Waals surface area contributed by atoms with Gasteiger partial charge >= 0.3 is 0 Å². The number of hydrazine groups is 1. The van der Waals surface area contributed by atoms with Crippen molar-refractivity contribution in [2.75, 3.05) is 6.54 Å². The number of hydrogen-bond acceptors (Lipinski definition) is 3. The molecule has 0 spiro atoms. The molecule has 1 N–H and O–H groups in total. The topological polar surface area (TPSA) is 27.6 Å². The fourth-order valence-electron chi connectivity index (χ4n) is 1.13. The van der Waals surface area contributed by atoms with E-state index in [1.165, 1.54) is 0 Å². The van der Waals surface area contributed by atoms with Crippen molar-refractivity contribution in [1.82, 2.24) is 10.4 Å². The molecule has 0 atom stereocenters. The Bertz CT molecular complexity index is 277. The van der Waals surface area contributed by atoms with Crippen molar-refractivity contribution in [3.63, 3.8) is 0 Å². The van der Waals surface area contributed by atoms with Crippen molar-refractivity contribution in [3.05, 3.63) is 23.1 Å². The Kier molecular flexibility index (Phi) is 1.47. The minimum absolute atomic E-state index is 0.682. The Labute approximate surface area is 70.0 Å². The standard InChI is InChI=1S/C7H8ClN3/c1-5-4-6(8)11-7(10-5)2-3-9-11/h2,4,9H,3H2,1H3. The summed E-state index contributed by atoms with van der Waals surface area (Å²) in [7, 11) is 0. The minimum Gasteiger partial charge on any atom is -0.248 e. The van der Waals surface area contributed by atoms with E-state index in [4.69, 9.17) is 11.6 Å². The van der Waals surface area contributed by atoms with Crippen LogP contribution in [-0.4, -0.2) is 17.3 Å². The zero-order valence-corrected chi connectivity index (χ0v) is 6.89. The molecule has 11 heavy (non-hydrogen) atoms. The smallest absolute Gasteiger partial charge is 0.145 e. The number of rotatable bonds is 0. The van der Waals surface area contributed by atoms with E-state index in [0.29, 0.717) is 5.16 Å². The maximum absolute atomic E-state index is 5.92. The van der Waals surface area contributed by atoms with Gasteiger partial charge in [-0.3, -0.25) is 0 Å². The summed E-state index contributed by atoms with van der Waals surface area (Å²) in [6, 6.07) is 0. The average molecular weight is 170 g/mol. The lowest BCUT2D eigenvalue weighted by molar-refractivity contribution is 0.371. The molecular formula is C7H8ClN3. The SMILES string of the molecule is CC1=NC2=CCNN2C(Cl)=C1. The van der Waals surface area contributed by atoms with Gasteiger partial charge in [0.2, 0.25) is 0 Å². The van der Waals surface area contributed by atoms with Crippen molar-refractivity contribution in [3.8, 4) is 0 Å². The molecule has 0 aromatic rings. The molecule has 0 saturated carbocycles. The fourth-order valence-corrected chi connectivity index (χ4v) is 1.44. The molecule has 2 rings (SSSR count). The van der Waals surface area contributed by atoms with Gasteiger partial charge in [-0.05, 0) is 19.1 Å². The predicted molar refractivity (Wildman–Crippen MR) is 45.0 cm³/mol. The third kappa shape index (κ3) is 1.06. The van der Waals surface area contributed by atoms with E-state index >= 15 is 0 Å². The molecule has 0 aromatic heterocycles. The molecule has 0 aromatic carbocycles. The first kappa shape index (κ1) is 6.88. The van der Waals surface area contributed by atoms with Crippen LogP contribution in [0.15, 0.2) is 28.1 Å². The fraction of sp³-hybridized carbons (Fsp3) is 0.286. The van der Waals surface area contributed by atoms with E-state index in [2.05, 4.69) is 10.4 Å². The van der Waals surface area contributed by atoms with Gasteiger partial charge in [0.25, 0.3) is 0 Å². The molecule has 2 heterocycles. The molecular weight excluding hydrogens is 162 g/mol. The highest BCUT2D eigenvalue weighted by atomic mass is 35.5. The van der Waals surface area contributed by atoms with Gasteiger partial charge in [0.1, 0.15) is 11.0 Å². The molecule has 3 nitrogen and oxygen atoms in total. The quantitative estimate of drug-likeness (QED) is 0.552. The summed E-state index contributed by atoms with van der Waals surface area (Å²) in [4.78, 5) is 4.28. The number of halogens is 1. The zero-order valence-electron chi connectivity index (χ0n) is 6.13. The minimum atomic E-state index is 0.682. The summed E-state index contributed by atoms with van der Waals surface area (Å²) in [5.41, 5.74) is 4.01. The third-order valence-corrected chi connectivity index (χ3v) is 1.87. The second-order valence-electron chi connectivity index (χ2n) is 2.48. The largest absolute Gasteiger partial charge is 0.248 e. The van der Waals surface area contributed by atoms with E-state index in [1.54, 1.807) is 5.01 Å². The number of nitrogens with zero attached hydrogens (tertiary/aromatic N) is 2. The summed E-state index contributed by atoms with van der Waals surface area (Å²) >= 11 is 5.92. The van der Waals surface area contributed by atoms with Gasteiger partial charge in [-0.15, -0.1) is 0 Å². The number of fused-ring (bicyclic) bond motifs is 1. The number of nitrogens with one attached hydrogen (secondary N) is 1. The maximum atomic E-state index is 5.92. The van der Waals surface area contributed by atoms with E-state index in [1.807, 2.05) is 19.1 Å². The van der Waals surface area contributed by atoms with E-state index in [0.717, 1.165) is 18.1 Å². The molecule has 0 amide bonds. The van der Waals surface area contributed by atoms with Gasteiger partial charge in [0.15, 0.2) is 0 Å². The maximum Gasteiger partial charge on any atom is 0.145 e. The lowest BCUT2D eigenvalue weighted by Crippen LogP contribution is -2.31. The van der Waals surface area contributed by atoms with Crippen molar-refractivity contribution in [2.45, 2.75) is 6.92 Å². The van der Waals surface area contributed by atoms with Crippen molar-refractivity contribution in [2.24, 2.45) is 4.99 Å².